The molecule has 0 aromatic heterocycles. The molecule has 0 saturated heterocycles. The third-order valence-corrected chi connectivity index (χ3v) is 0.981. The van der Waals surface area contributed by atoms with Gasteiger partial charge in [-0.05, 0) is 13.8 Å². The average molecular weight is 158 g/mol. The molecule has 0 aliphatic heterocycles. The average Bonchev–Trinajstić information content (AvgIpc) is 2.01. The van der Waals surface area contributed by atoms with Gasteiger partial charge in [-0.2, -0.15) is 5.10 Å². The summed E-state index contributed by atoms with van der Waals surface area (Å²) >= 11 is 0. The third kappa shape index (κ3) is 5.35. The first-order valence-corrected chi connectivity index (χ1v) is 3.47. The summed E-state index contributed by atoms with van der Waals surface area (Å²) in [6.45, 7) is 4.51. The van der Waals surface area contributed by atoms with E-state index in [2.05, 4.69) is 15.8 Å². The molecule has 0 saturated carbocycles. The number of urea groups is 1. The van der Waals surface area contributed by atoms with E-state index in [4.69, 9.17) is 5.73 Å². The molecule has 0 aliphatic rings. The van der Waals surface area contributed by atoms with Crippen LogP contribution in [0.2, 0.25) is 0 Å². The van der Waals surface area contributed by atoms with Crippen LogP contribution in [0.25, 0.3) is 0 Å². The van der Waals surface area contributed by atoms with Crippen molar-refractivity contribution in [1.29, 1.82) is 0 Å². The van der Waals surface area contributed by atoms with E-state index in [1.807, 2.05) is 6.92 Å². The van der Waals surface area contributed by atoms with Crippen LogP contribution in [-0.2, 0) is 0 Å². The number of carbonyl (C=O) groups is 1. The molecule has 4 N–H and O–H groups in total. The molecule has 0 radical (unpaired) electrons. The van der Waals surface area contributed by atoms with Crippen molar-refractivity contribution < 1.29 is 4.79 Å². The zero-order chi connectivity index (χ0) is 8.69. The Labute approximate surface area is 66.0 Å². The van der Waals surface area contributed by atoms with Gasteiger partial charge in [-0.1, -0.05) is 0 Å². The Hall–Kier alpha value is -1.10. The lowest BCUT2D eigenvalue weighted by atomic mass is 10.4. The van der Waals surface area contributed by atoms with Crippen LogP contribution in [0.15, 0.2) is 5.10 Å². The fraction of sp³-hybridized carbons (Fsp3) is 0.667. The van der Waals surface area contributed by atoms with Crippen molar-refractivity contribution in [2.45, 2.75) is 13.8 Å². The summed E-state index contributed by atoms with van der Waals surface area (Å²) in [5, 5.41) is 6.22. The number of nitrogens with zero attached hydrogens (tertiary/aromatic N) is 1. The van der Waals surface area contributed by atoms with Crippen LogP contribution in [0.4, 0.5) is 4.79 Å². The number of hydrazone groups is 1. The molecule has 0 heterocycles. The predicted molar refractivity (Wildman–Crippen MR) is 44.4 cm³/mol. The SMILES string of the molecule is CCNC(=O)NN=C(C)CN. The summed E-state index contributed by atoms with van der Waals surface area (Å²) in [6.07, 6.45) is 0. The number of hydrogen-bond acceptors (Lipinski definition) is 3. The van der Waals surface area contributed by atoms with Gasteiger partial charge in [0.2, 0.25) is 0 Å². The van der Waals surface area contributed by atoms with E-state index in [-0.39, 0.29) is 6.03 Å². The molecule has 0 unspecified atom stereocenters. The zero-order valence-corrected chi connectivity index (χ0v) is 6.85. The van der Waals surface area contributed by atoms with Crippen LogP contribution < -0.4 is 16.5 Å². The van der Waals surface area contributed by atoms with Crippen molar-refractivity contribution >= 4 is 11.7 Å². The van der Waals surface area contributed by atoms with Crippen LogP contribution in [0.1, 0.15) is 13.8 Å². The highest BCUT2D eigenvalue weighted by molar-refractivity contribution is 5.85. The maximum Gasteiger partial charge on any atom is 0.335 e. The van der Waals surface area contributed by atoms with Crippen molar-refractivity contribution in [2.24, 2.45) is 10.8 Å². The monoisotopic (exact) mass is 158 g/mol. The molecule has 0 fully saturated rings. The van der Waals surface area contributed by atoms with Gasteiger partial charge in [0.15, 0.2) is 0 Å². The van der Waals surface area contributed by atoms with Crippen LogP contribution in [-0.4, -0.2) is 24.8 Å². The lowest BCUT2D eigenvalue weighted by molar-refractivity contribution is 0.242. The lowest BCUT2D eigenvalue weighted by Gasteiger charge is -2.00. The van der Waals surface area contributed by atoms with Crippen molar-refractivity contribution in [3.63, 3.8) is 0 Å². The molecule has 0 rings (SSSR count). The van der Waals surface area contributed by atoms with E-state index in [9.17, 15) is 4.79 Å². The van der Waals surface area contributed by atoms with E-state index in [0.717, 1.165) is 0 Å². The Kier molecular flexibility index (Phi) is 5.10. The molecule has 5 heteroatoms. The van der Waals surface area contributed by atoms with E-state index in [0.29, 0.717) is 18.8 Å². The molecule has 11 heavy (non-hydrogen) atoms. The molecule has 0 bridgehead atoms. The van der Waals surface area contributed by atoms with Crippen LogP contribution >= 0.6 is 0 Å². The molecule has 0 aromatic rings. The fourth-order valence-corrected chi connectivity index (χ4v) is 0.392. The van der Waals surface area contributed by atoms with E-state index >= 15 is 0 Å². The predicted octanol–water partition coefficient (Wildman–Crippen LogP) is -0.360. The smallest absolute Gasteiger partial charge is 0.335 e. The summed E-state index contributed by atoms with van der Waals surface area (Å²) in [4.78, 5) is 10.7. The standard InChI is InChI=1S/C6H14N4O/c1-3-8-6(11)10-9-5(2)4-7/h3-4,7H2,1-2H3,(H2,8,10,11). The Morgan fingerprint density at radius 3 is 2.73 bits per heavy atom. The largest absolute Gasteiger partial charge is 0.337 e. The second-order valence-electron chi connectivity index (χ2n) is 2.02. The van der Waals surface area contributed by atoms with Crippen LogP contribution in [0.5, 0.6) is 0 Å². The van der Waals surface area contributed by atoms with Gasteiger partial charge < -0.3 is 11.1 Å². The van der Waals surface area contributed by atoms with E-state index < -0.39 is 0 Å². The fourth-order valence-electron chi connectivity index (χ4n) is 0.392. The Morgan fingerprint density at radius 1 is 1.64 bits per heavy atom. The molecule has 0 aromatic carbocycles. The molecular weight excluding hydrogens is 144 g/mol. The van der Waals surface area contributed by atoms with Gasteiger partial charge in [0.05, 0.1) is 0 Å². The van der Waals surface area contributed by atoms with Crippen LogP contribution in [0, 0.1) is 0 Å². The molecule has 0 atom stereocenters. The first-order valence-electron chi connectivity index (χ1n) is 3.47. The Morgan fingerprint density at radius 2 is 2.27 bits per heavy atom. The minimum atomic E-state index is -0.305. The second-order valence-corrected chi connectivity index (χ2v) is 2.02. The first-order chi connectivity index (χ1) is 5.20. The highest BCUT2D eigenvalue weighted by atomic mass is 16.2. The van der Waals surface area contributed by atoms with Crippen molar-refractivity contribution in [2.75, 3.05) is 13.1 Å². The first kappa shape index (κ1) is 9.90. The highest BCUT2D eigenvalue weighted by Gasteiger charge is 1.93. The van der Waals surface area contributed by atoms with Gasteiger partial charge >= 0.3 is 6.03 Å². The summed E-state index contributed by atoms with van der Waals surface area (Å²) < 4.78 is 0. The van der Waals surface area contributed by atoms with Crippen molar-refractivity contribution in [1.82, 2.24) is 10.7 Å². The summed E-state index contributed by atoms with van der Waals surface area (Å²) in [5.41, 5.74) is 8.21. The summed E-state index contributed by atoms with van der Waals surface area (Å²) in [7, 11) is 0. The quantitative estimate of drug-likeness (QED) is 0.387. The molecule has 64 valence electrons. The van der Waals surface area contributed by atoms with E-state index in [1.54, 1.807) is 6.92 Å². The third-order valence-electron chi connectivity index (χ3n) is 0.981. The Bertz CT molecular complexity index is 155. The number of rotatable bonds is 3. The molecule has 2 amide bonds. The minimum Gasteiger partial charge on any atom is -0.337 e. The number of carbonyl (C=O) groups excluding carboxylic acids is 1. The molecule has 0 spiro atoms. The maximum atomic E-state index is 10.7. The number of amides is 2. The highest BCUT2D eigenvalue weighted by Crippen LogP contribution is 1.70. The second kappa shape index (κ2) is 5.67. The van der Waals surface area contributed by atoms with Gasteiger partial charge in [-0.3, -0.25) is 0 Å². The molecular formula is C6H14N4O. The van der Waals surface area contributed by atoms with Crippen molar-refractivity contribution in [3.8, 4) is 0 Å². The number of hydrogen-bond donors (Lipinski definition) is 3. The zero-order valence-electron chi connectivity index (χ0n) is 6.85. The summed E-state index contributed by atoms with van der Waals surface area (Å²) in [5.74, 6) is 0. The van der Waals surface area contributed by atoms with Gasteiger partial charge in [0, 0.05) is 18.8 Å². The Balaban J connectivity index is 3.60. The van der Waals surface area contributed by atoms with Gasteiger partial charge in [0.1, 0.15) is 0 Å². The number of nitrogens with one attached hydrogen (secondary N) is 2. The molecule has 5 nitrogen and oxygen atoms in total. The topological polar surface area (TPSA) is 79.5 Å². The van der Waals surface area contributed by atoms with E-state index in [1.165, 1.54) is 0 Å². The van der Waals surface area contributed by atoms with Gasteiger partial charge in [-0.25, -0.2) is 10.2 Å². The van der Waals surface area contributed by atoms with Gasteiger partial charge in [-0.15, -0.1) is 0 Å². The molecule has 0 aliphatic carbocycles. The summed E-state index contributed by atoms with van der Waals surface area (Å²) in [6, 6.07) is -0.305. The van der Waals surface area contributed by atoms with Crippen LogP contribution in [0.3, 0.4) is 0 Å². The normalized spacial score (nSPS) is 11.0. The van der Waals surface area contributed by atoms with Crippen molar-refractivity contribution in [3.05, 3.63) is 0 Å². The van der Waals surface area contributed by atoms with Gasteiger partial charge in [0.25, 0.3) is 0 Å². The lowest BCUT2D eigenvalue weighted by Crippen LogP contribution is -2.33. The minimum absolute atomic E-state index is 0.305. The number of nitrogens with two attached hydrogens (primary N) is 1. The maximum absolute atomic E-state index is 10.7.